The lowest BCUT2D eigenvalue weighted by molar-refractivity contribution is -0.139. The van der Waals surface area contributed by atoms with Crippen LogP contribution >= 0.6 is 0 Å². The zero-order chi connectivity index (χ0) is 12.0. The van der Waals surface area contributed by atoms with Crippen molar-refractivity contribution in [3.63, 3.8) is 0 Å². The molecule has 0 aromatic heterocycles. The molecule has 0 spiro atoms. The highest BCUT2D eigenvalue weighted by atomic mass is 16.5. The van der Waals surface area contributed by atoms with Gasteiger partial charge in [0.2, 0.25) is 0 Å². The molecular weight excluding hydrogens is 208 g/mol. The van der Waals surface area contributed by atoms with Crippen LogP contribution in [0.15, 0.2) is 24.3 Å². The molecule has 0 aliphatic heterocycles. The van der Waals surface area contributed by atoms with Crippen LogP contribution in [0.3, 0.4) is 0 Å². The van der Waals surface area contributed by atoms with Gasteiger partial charge in [0.15, 0.2) is 5.78 Å². The molecule has 1 aromatic carbocycles. The third-order valence-electron chi connectivity index (χ3n) is 2.02. The van der Waals surface area contributed by atoms with Gasteiger partial charge in [0.05, 0.1) is 13.7 Å². The summed E-state index contributed by atoms with van der Waals surface area (Å²) >= 11 is 0. The van der Waals surface area contributed by atoms with E-state index in [4.69, 9.17) is 4.74 Å². The molecule has 0 aliphatic carbocycles. The van der Waals surface area contributed by atoms with Crippen molar-refractivity contribution in [1.82, 2.24) is 0 Å². The van der Waals surface area contributed by atoms with Crippen LogP contribution in [0.4, 0.5) is 0 Å². The Kier molecular flexibility index (Phi) is 4.51. The summed E-state index contributed by atoms with van der Waals surface area (Å²) < 4.78 is 9.66. The fourth-order valence-corrected chi connectivity index (χ4v) is 1.21. The van der Waals surface area contributed by atoms with Crippen LogP contribution < -0.4 is 4.74 Å². The molecule has 1 aromatic rings. The van der Waals surface area contributed by atoms with Crippen LogP contribution in [-0.4, -0.2) is 25.5 Å². The average Bonchev–Trinajstić information content (AvgIpc) is 2.30. The number of carbonyl (C=O) groups is 2. The maximum Gasteiger partial charge on any atom is 0.313 e. The molecule has 86 valence electrons. The number of ether oxygens (including phenoxy) is 2. The minimum absolute atomic E-state index is 0.232. The molecule has 4 heteroatoms. The van der Waals surface area contributed by atoms with Gasteiger partial charge in [-0.2, -0.15) is 0 Å². The molecule has 0 saturated heterocycles. The molecule has 1 rings (SSSR count). The Morgan fingerprint density at radius 1 is 1.19 bits per heavy atom. The molecule has 0 saturated carbocycles. The summed E-state index contributed by atoms with van der Waals surface area (Å²) in [6, 6.07) is 6.68. The third kappa shape index (κ3) is 3.38. The normalized spacial score (nSPS) is 9.62. The van der Waals surface area contributed by atoms with Gasteiger partial charge in [0, 0.05) is 5.56 Å². The zero-order valence-electron chi connectivity index (χ0n) is 9.36. The minimum atomic E-state index is -0.529. The number of Topliss-reactive ketones (excluding diaryl/α,β-unsaturated/α-hetero) is 1. The Morgan fingerprint density at radius 2 is 1.81 bits per heavy atom. The standard InChI is InChI=1S/C12H14O4/c1-3-16-10-6-4-9(5-7-10)11(13)8-12(14)15-2/h4-7H,3,8H2,1-2H3. The second-order valence-electron chi connectivity index (χ2n) is 3.13. The molecule has 0 atom stereocenters. The maximum atomic E-state index is 11.5. The van der Waals surface area contributed by atoms with E-state index in [1.54, 1.807) is 24.3 Å². The van der Waals surface area contributed by atoms with E-state index in [0.717, 1.165) is 0 Å². The van der Waals surface area contributed by atoms with Crippen LogP contribution in [0.1, 0.15) is 23.7 Å². The number of esters is 1. The van der Waals surface area contributed by atoms with E-state index >= 15 is 0 Å². The van der Waals surface area contributed by atoms with Crippen molar-refractivity contribution in [2.75, 3.05) is 13.7 Å². The highest BCUT2D eigenvalue weighted by Gasteiger charge is 2.11. The van der Waals surface area contributed by atoms with E-state index < -0.39 is 5.97 Å². The molecule has 0 N–H and O–H groups in total. The summed E-state index contributed by atoms with van der Waals surface area (Å²) in [6.45, 7) is 2.46. The fraction of sp³-hybridized carbons (Fsp3) is 0.333. The van der Waals surface area contributed by atoms with Gasteiger partial charge in [-0.15, -0.1) is 0 Å². The number of hydrogen-bond donors (Lipinski definition) is 0. The number of rotatable bonds is 5. The average molecular weight is 222 g/mol. The number of carbonyl (C=O) groups excluding carboxylic acids is 2. The van der Waals surface area contributed by atoms with Gasteiger partial charge in [-0.05, 0) is 31.2 Å². The van der Waals surface area contributed by atoms with Crippen molar-refractivity contribution in [1.29, 1.82) is 0 Å². The highest BCUT2D eigenvalue weighted by Crippen LogP contribution is 2.13. The maximum absolute atomic E-state index is 11.5. The van der Waals surface area contributed by atoms with Crippen molar-refractivity contribution in [2.45, 2.75) is 13.3 Å². The lowest BCUT2D eigenvalue weighted by atomic mass is 10.1. The van der Waals surface area contributed by atoms with Crippen LogP contribution in [-0.2, 0) is 9.53 Å². The summed E-state index contributed by atoms with van der Waals surface area (Å²) in [4.78, 5) is 22.4. The van der Waals surface area contributed by atoms with Gasteiger partial charge >= 0.3 is 5.97 Å². The van der Waals surface area contributed by atoms with Crippen molar-refractivity contribution in [3.8, 4) is 5.75 Å². The first-order valence-corrected chi connectivity index (χ1v) is 5.00. The van der Waals surface area contributed by atoms with Gasteiger partial charge in [-0.3, -0.25) is 9.59 Å². The first-order valence-electron chi connectivity index (χ1n) is 5.00. The van der Waals surface area contributed by atoms with E-state index in [1.807, 2.05) is 6.92 Å². The second-order valence-corrected chi connectivity index (χ2v) is 3.13. The molecule has 4 nitrogen and oxygen atoms in total. The van der Waals surface area contributed by atoms with E-state index in [1.165, 1.54) is 7.11 Å². The zero-order valence-corrected chi connectivity index (χ0v) is 9.36. The van der Waals surface area contributed by atoms with Crippen LogP contribution in [0.2, 0.25) is 0 Å². The molecule has 0 fully saturated rings. The third-order valence-corrected chi connectivity index (χ3v) is 2.02. The number of methoxy groups -OCH3 is 1. The van der Waals surface area contributed by atoms with E-state index in [2.05, 4.69) is 4.74 Å². The van der Waals surface area contributed by atoms with E-state index in [9.17, 15) is 9.59 Å². The topological polar surface area (TPSA) is 52.6 Å². The summed E-state index contributed by atoms with van der Waals surface area (Å²) in [6.07, 6.45) is -0.232. The predicted octanol–water partition coefficient (Wildman–Crippen LogP) is 1.83. The Bertz CT molecular complexity index is 367. The quantitative estimate of drug-likeness (QED) is 0.433. The molecule has 0 radical (unpaired) electrons. The van der Waals surface area contributed by atoms with Crippen molar-refractivity contribution >= 4 is 11.8 Å². The van der Waals surface area contributed by atoms with Gasteiger partial charge in [0.25, 0.3) is 0 Å². The van der Waals surface area contributed by atoms with Crippen LogP contribution in [0, 0.1) is 0 Å². The highest BCUT2D eigenvalue weighted by molar-refractivity contribution is 6.05. The fourth-order valence-electron chi connectivity index (χ4n) is 1.21. The molecule has 0 aliphatic rings. The van der Waals surface area contributed by atoms with Gasteiger partial charge in [-0.1, -0.05) is 0 Å². The number of hydrogen-bond acceptors (Lipinski definition) is 4. The first kappa shape index (κ1) is 12.2. The van der Waals surface area contributed by atoms with E-state index in [-0.39, 0.29) is 12.2 Å². The summed E-state index contributed by atoms with van der Waals surface area (Å²) in [7, 11) is 1.26. The van der Waals surface area contributed by atoms with Crippen molar-refractivity contribution in [3.05, 3.63) is 29.8 Å². The second kappa shape index (κ2) is 5.90. The number of benzene rings is 1. The lowest BCUT2D eigenvalue weighted by Crippen LogP contribution is -2.09. The van der Waals surface area contributed by atoms with Gasteiger partial charge in [0.1, 0.15) is 12.2 Å². The Labute approximate surface area is 94.2 Å². The lowest BCUT2D eigenvalue weighted by Gasteiger charge is -2.04. The van der Waals surface area contributed by atoms with Crippen molar-refractivity contribution in [2.24, 2.45) is 0 Å². The molecule has 0 amide bonds. The first-order chi connectivity index (χ1) is 7.67. The molecule has 0 heterocycles. The predicted molar refractivity (Wildman–Crippen MR) is 58.6 cm³/mol. The van der Waals surface area contributed by atoms with Gasteiger partial charge < -0.3 is 9.47 Å². The SMILES string of the molecule is CCOc1ccc(C(=O)CC(=O)OC)cc1. The molecular formula is C12H14O4. The van der Waals surface area contributed by atoms with Crippen LogP contribution in [0.25, 0.3) is 0 Å². The summed E-state index contributed by atoms with van der Waals surface area (Å²) in [5.74, 6) is -0.0779. The molecule has 0 unspecified atom stereocenters. The van der Waals surface area contributed by atoms with Crippen LogP contribution in [0.5, 0.6) is 5.75 Å². The van der Waals surface area contributed by atoms with Gasteiger partial charge in [-0.25, -0.2) is 0 Å². The Morgan fingerprint density at radius 3 is 2.31 bits per heavy atom. The number of ketones is 1. The molecule has 16 heavy (non-hydrogen) atoms. The summed E-state index contributed by atoms with van der Waals surface area (Å²) in [5.41, 5.74) is 0.480. The molecule has 0 bridgehead atoms. The largest absolute Gasteiger partial charge is 0.494 e. The Hall–Kier alpha value is -1.84. The van der Waals surface area contributed by atoms with E-state index in [0.29, 0.717) is 17.9 Å². The van der Waals surface area contributed by atoms with Crippen molar-refractivity contribution < 1.29 is 19.1 Å². The smallest absolute Gasteiger partial charge is 0.313 e. The minimum Gasteiger partial charge on any atom is -0.494 e. The summed E-state index contributed by atoms with van der Waals surface area (Å²) in [5, 5.41) is 0. The Balaban J connectivity index is 2.66. The monoisotopic (exact) mass is 222 g/mol.